The van der Waals surface area contributed by atoms with Crippen LogP contribution in [0, 0.1) is 0 Å². The predicted molar refractivity (Wildman–Crippen MR) is 165 cm³/mol. The van der Waals surface area contributed by atoms with Crippen LogP contribution < -0.4 is 4.57 Å². The first-order valence-electron chi connectivity index (χ1n) is 17.4. The monoisotopic (exact) mass is 518 g/mol. The van der Waals surface area contributed by atoms with Gasteiger partial charge in [0.2, 0.25) is 0 Å². The van der Waals surface area contributed by atoms with Crippen LogP contribution in [0.2, 0.25) is 0 Å². The van der Waals surface area contributed by atoms with Crippen molar-refractivity contribution in [1.82, 2.24) is 4.57 Å². The largest absolute Gasteiger partial charge is 0.256 e. The third kappa shape index (κ3) is 19.9. The SMILES string of the molecule is CCCCCCCCCCCCCCCCCc1n(CCCCCCCCCCCC)cc[n+]1CCC. The highest BCUT2D eigenvalue weighted by atomic mass is 15.1. The van der Waals surface area contributed by atoms with Crippen LogP contribution in [0.3, 0.4) is 0 Å². The summed E-state index contributed by atoms with van der Waals surface area (Å²) in [5.41, 5.74) is 0. The number of aromatic nitrogens is 2. The van der Waals surface area contributed by atoms with Gasteiger partial charge >= 0.3 is 0 Å². The second-order valence-electron chi connectivity index (χ2n) is 12.0. The van der Waals surface area contributed by atoms with Gasteiger partial charge in [0.25, 0.3) is 5.82 Å². The molecule has 0 aliphatic carbocycles. The summed E-state index contributed by atoms with van der Waals surface area (Å²) in [7, 11) is 0. The Kier molecular flexibility index (Phi) is 24.8. The number of nitrogens with zero attached hydrogens (tertiary/aromatic N) is 2. The lowest BCUT2D eigenvalue weighted by Crippen LogP contribution is -2.37. The normalized spacial score (nSPS) is 11.5. The minimum absolute atomic E-state index is 1.18. The van der Waals surface area contributed by atoms with Crippen molar-refractivity contribution in [1.29, 1.82) is 0 Å². The number of hydrogen-bond acceptors (Lipinski definition) is 0. The van der Waals surface area contributed by atoms with Crippen LogP contribution in [-0.4, -0.2) is 4.57 Å². The van der Waals surface area contributed by atoms with E-state index in [1.54, 1.807) is 5.82 Å². The van der Waals surface area contributed by atoms with Crippen molar-refractivity contribution in [3.8, 4) is 0 Å². The lowest BCUT2D eigenvalue weighted by Gasteiger charge is -2.06. The maximum absolute atomic E-state index is 2.59. The van der Waals surface area contributed by atoms with Crippen molar-refractivity contribution >= 4 is 0 Å². The van der Waals surface area contributed by atoms with E-state index < -0.39 is 0 Å². The molecule has 37 heavy (non-hydrogen) atoms. The minimum Gasteiger partial charge on any atom is -0.234 e. The Labute approximate surface area is 234 Å². The first-order chi connectivity index (χ1) is 18.3. The van der Waals surface area contributed by atoms with Gasteiger partial charge in [0, 0.05) is 6.42 Å². The standard InChI is InChI=1S/C35H69N2/c1-4-7-9-11-13-15-17-18-19-20-21-22-24-26-28-30-35-36(31-6-3)33-34-37(35)32-29-27-25-23-16-14-12-10-8-5-2/h33-34H,4-32H2,1-3H3/q+1. The summed E-state index contributed by atoms with van der Waals surface area (Å²) in [6.45, 7) is 9.33. The van der Waals surface area contributed by atoms with Gasteiger partial charge in [0.05, 0.1) is 13.1 Å². The zero-order valence-corrected chi connectivity index (χ0v) is 26.1. The van der Waals surface area contributed by atoms with Gasteiger partial charge in [-0.3, -0.25) is 0 Å². The molecular weight excluding hydrogens is 448 g/mol. The fraction of sp³-hybridized carbons (Fsp3) is 0.914. The van der Waals surface area contributed by atoms with Crippen LogP contribution in [0.25, 0.3) is 0 Å². The Balaban J connectivity index is 2.06. The molecule has 1 rings (SSSR count). The summed E-state index contributed by atoms with van der Waals surface area (Å²) in [6, 6.07) is 0. The smallest absolute Gasteiger partial charge is 0.234 e. The van der Waals surface area contributed by atoms with Crippen molar-refractivity contribution in [2.24, 2.45) is 0 Å². The maximum atomic E-state index is 2.59. The Hall–Kier alpha value is -0.790. The number of imidazole rings is 1. The Morgan fingerprint density at radius 1 is 0.459 bits per heavy atom. The zero-order valence-electron chi connectivity index (χ0n) is 26.1. The van der Waals surface area contributed by atoms with Crippen LogP contribution in [-0.2, 0) is 19.5 Å². The second kappa shape index (κ2) is 26.8. The number of unbranched alkanes of at least 4 members (excludes halogenated alkanes) is 23. The van der Waals surface area contributed by atoms with E-state index in [1.807, 2.05) is 0 Å². The first-order valence-corrected chi connectivity index (χ1v) is 17.4. The molecule has 0 saturated heterocycles. The Bertz CT molecular complexity index is 576. The summed E-state index contributed by atoms with van der Waals surface area (Å²) in [4.78, 5) is 0. The molecule has 1 heterocycles. The van der Waals surface area contributed by atoms with Gasteiger partial charge in [0.1, 0.15) is 12.4 Å². The molecule has 1 aromatic rings. The second-order valence-corrected chi connectivity index (χ2v) is 12.0. The van der Waals surface area contributed by atoms with Gasteiger partial charge in [-0.05, 0) is 25.7 Å². The molecule has 0 unspecified atom stereocenters. The quantitative estimate of drug-likeness (QED) is 0.0737. The lowest BCUT2D eigenvalue weighted by atomic mass is 10.0. The molecule has 0 aliphatic heterocycles. The van der Waals surface area contributed by atoms with E-state index in [2.05, 4.69) is 42.3 Å². The fourth-order valence-corrected chi connectivity index (χ4v) is 5.86. The van der Waals surface area contributed by atoms with Crippen LogP contribution in [0.5, 0.6) is 0 Å². The lowest BCUT2D eigenvalue weighted by molar-refractivity contribution is -0.703. The summed E-state index contributed by atoms with van der Waals surface area (Å²) < 4.78 is 5.13. The average molecular weight is 518 g/mol. The van der Waals surface area contributed by atoms with Crippen LogP contribution in [0.1, 0.15) is 194 Å². The van der Waals surface area contributed by atoms with Crippen LogP contribution in [0.4, 0.5) is 0 Å². The van der Waals surface area contributed by atoms with Crippen LogP contribution in [0.15, 0.2) is 12.4 Å². The fourth-order valence-electron chi connectivity index (χ4n) is 5.86. The van der Waals surface area contributed by atoms with E-state index in [-0.39, 0.29) is 0 Å². The first kappa shape index (κ1) is 34.2. The average Bonchev–Trinajstić information content (AvgIpc) is 3.28. The third-order valence-corrected chi connectivity index (χ3v) is 8.31. The van der Waals surface area contributed by atoms with Gasteiger partial charge in [-0.2, -0.15) is 0 Å². The van der Waals surface area contributed by atoms with Gasteiger partial charge in [0.15, 0.2) is 0 Å². The molecule has 2 nitrogen and oxygen atoms in total. The molecule has 0 saturated carbocycles. The molecule has 0 radical (unpaired) electrons. The molecule has 0 aliphatic rings. The molecule has 0 N–H and O–H groups in total. The van der Waals surface area contributed by atoms with E-state index in [1.165, 1.54) is 186 Å². The highest BCUT2D eigenvalue weighted by Crippen LogP contribution is 2.15. The van der Waals surface area contributed by atoms with Crippen molar-refractivity contribution in [3.63, 3.8) is 0 Å². The zero-order chi connectivity index (χ0) is 26.7. The Morgan fingerprint density at radius 3 is 1.24 bits per heavy atom. The molecule has 0 atom stereocenters. The molecule has 0 spiro atoms. The van der Waals surface area contributed by atoms with Crippen molar-refractivity contribution < 1.29 is 4.57 Å². The maximum Gasteiger partial charge on any atom is 0.256 e. The predicted octanol–water partition coefficient (Wildman–Crippen LogP) is 11.5. The van der Waals surface area contributed by atoms with Crippen LogP contribution >= 0.6 is 0 Å². The van der Waals surface area contributed by atoms with Gasteiger partial charge in [-0.1, -0.05) is 162 Å². The van der Waals surface area contributed by atoms with E-state index in [0.29, 0.717) is 0 Å². The van der Waals surface area contributed by atoms with E-state index >= 15 is 0 Å². The molecule has 2 heteroatoms. The summed E-state index contributed by atoms with van der Waals surface area (Å²) in [6.07, 6.45) is 43.1. The number of aryl methyl sites for hydroxylation is 2. The number of rotatable bonds is 29. The molecule has 0 fully saturated rings. The van der Waals surface area contributed by atoms with E-state index in [9.17, 15) is 0 Å². The summed E-state index contributed by atoms with van der Waals surface area (Å²) in [5, 5.41) is 0. The third-order valence-electron chi connectivity index (χ3n) is 8.31. The highest BCUT2D eigenvalue weighted by Gasteiger charge is 2.15. The minimum atomic E-state index is 1.18. The molecular formula is C35H69N2+. The molecule has 0 amide bonds. The van der Waals surface area contributed by atoms with E-state index in [0.717, 1.165) is 0 Å². The molecule has 1 aromatic heterocycles. The van der Waals surface area contributed by atoms with Gasteiger partial charge < -0.3 is 0 Å². The highest BCUT2D eigenvalue weighted by molar-refractivity contribution is 4.84. The molecule has 0 bridgehead atoms. The summed E-state index contributed by atoms with van der Waals surface area (Å²) in [5.74, 6) is 1.59. The van der Waals surface area contributed by atoms with Crippen molar-refractivity contribution in [3.05, 3.63) is 18.2 Å². The number of hydrogen-bond donors (Lipinski definition) is 0. The van der Waals surface area contributed by atoms with Gasteiger partial charge in [-0.15, -0.1) is 0 Å². The molecule has 0 aromatic carbocycles. The van der Waals surface area contributed by atoms with Gasteiger partial charge in [-0.25, -0.2) is 9.13 Å². The molecule has 218 valence electrons. The van der Waals surface area contributed by atoms with Crippen molar-refractivity contribution in [2.75, 3.05) is 0 Å². The topological polar surface area (TPSA) is 8.81 Å². The summed E-state index contributed by atoms with van der Waals surface area (Å²) >= 11 is 0. The van der Waals surface area contributed by atoms with Crippen molar-refractivity contribution in [2.45, 2.75) is 207 Å². The Morgan fingerprint density at radius 2 is 0.838 bits per heavy atom. The van der Waals surface area contributed by atoms with E-state index in [4.69, 9.17) is 0 Å².